The lowest BCUT2D eigenvalue weighted by atomic mass is 9.90. The van der Waals surface area contributed by atoms with Crippen molar-refractivity contribution < 1.29 is 9.53 Å². The van der Waals surface area contributed by atoms with Crippen LogP contribution in [0.4, 0.5) is 0 Å². The molecular formula is C27H33N3O3S. The fourth-order valence-corrected chi connectivity index (χ4v) is 5.78. The van der Waals surface area contributed by atoms with Gasteiger partial charge in [0.2, 0.25) is 5.91 Å². The molecule has 0 saturated carbocycles. The van der Waals surface area contributed by atoms with Crippen molar-refractivity contribution in [3.63, 3.8) is 0 Å². The van der Waals surface area contributed by atoms with E-state index in [1.165, 1.54) is 17.3 Å². The quantitative estimate of drug-likeness (QED) is 0.350. The van der Waals surface area contributed by atoms with Crippen LogP contribution in [0.3, 0.4) is 0 Å². The molecule has 2 aromatic carbocycles. The number of likely N-dealkylation sites (tertiary alicyclic amines) is 1. The van der Waals surface area contributed by atoms with Gasteiger partial charge in [-0.1, -0.05) is 54.2 Å². The molecule has 3 aromatic rings. The molecule has 0 bridgehead atoms. The van der Waals surface area contributed by atoms with E-state index in [9.17, 15) is 9.59 Å². The Bertz CT molecular complexity index is 1170. The summed E-state index contributed by atoms with van der Waals surface area (Å²) in [7, 11) is 1.62. The molecule has 2 heterocycles. The second-order valence-corrected chi connectivity index (χ2v) is 10.4. The van der Waals surface area contributed by atoms with E-state index in [1.54, 1.807) is 17.7 Å². The Kier molecular flexibility index (Phi) is 8.06. The summed E-state index contributed by atoms with van der Waals surface area (Å²) in [4.78, 5) is 33.3. The molecule has 1 aliphatic heterocycles. The van der Waals surface area contributed by atoms with Gasteiger partial charge in [0.15, 0.2) is 5.16 Å². The first-order valence-electron chi connectivity index (χ1n) is 12.0. The van der Waals surface area contributed by atoms with Gasteiger partial charge in [-0.3, -0.25) is 14.2 Å². The number of ether oxygens (including phenoxy) is 1. The van der Waals surface area contributed by atoms with E-state index in [-0.39, 0.29) is 22.8 Å². The monoisotopic (exact) mass is 479 g/mol. The highest BCUT2D eigenvalue weighted by Gasteiger charge is 2.28. The molecule has 2 atom stereocenters. The smallest absolute Gasteiger partial charge is 0.262 e. The SMILES string of the molecule is COC[C@@H](C)n1c(S[C@@H](C)C(=O)N2CCC(Cc3ccccc3)CC2)nc2ccccc2c1=O. The third-order valence-corrected chi connectivity index (χ3v) is 7.60. The molecule has 180 valence electrons. The zero-order chi connectivity index (χ0) is 24.1. The number of hydrogen-bond acceptors (Lipinski definition) is 5. The van der Waals surface area contributed by atoms with Gasteiger partial charge in [-0.25, -0.2) is 4.98 Å². The first kappa shape index (κ1) is 24.5. The molecule has 0 aliphatic carbocycles. The molecule has 1 aliphatic rings. The molecule has 6 nitrogen and oxygen atoms in total. The number of carbonyl (C=O) groups excluding carboxylic acids is 1. The molecule has 0 spiro atoms. The molecule has 1 aromatic heterocycles. The number of piperidine rings is 1. The van der Waals surface area contributed by atoms with Crippen LogP contribution in [0, 0.1) is 5.92 Å². The molecule has 4 rings (SSSR count). The van der Waals surface area contributed by atoms with Crippen LogP contribution in [0.15, 0.2) is 64.5 Å². The van der Waals surface area contributed by atoms with Crippen molar-refractivity contribution >= 4 is 28.6 Å². The predicted octanol–water partition coefficient (Wildman–Crippen LogP) is 4.57. The number of nitrogens with zero attached hydrogens (tertiary/aromatic N) is 3. The van der Waals surface area contributed by atoms with Crippen molar-refractivity contribution in [2.24, 2.45) is 5.92 Å². The first-order chi connectivity index (χ1) is 16.5. The fourth-order valence-electron chi connectivity index (χ4n) is 4.68. The van der Waals surface area contributed by atoms with E-state index in [4.69, 9.17) is 9.72 Å². The van der Waals surface area contributed by atoms with Crippen LogP contribution in [-0.4, -0.2) is 52.4 Å². The molecule has 1 saturated heterocycles. The van der Waals surface area contributed by atoms with E-state index >= 15 is 0 Å². The van der Waals surface area contributed by atoms with Crippen LogP contribution in [0.25, 0.3) is 10.9 Å². The Hall–Kier alpha value is -2.64. The topological polar surface area (TPSA) is 64.4 Å². The number of hydrogen-bond donors (Lipinski definition) is 0. The molecule has 7 heteroatoms. The van der Waals surface area contributed by atoms with Crippen molar-refractivity contribution in [3.8, 4) is 0 Å². The number of carbonyl (C=O) groups is 1. The van der Waals surface area contributed by atoms with Crippen molar-refractivity contribution in [3.05, 3.63) is 70.5 Å². The summed E-state index contributed by atoms with van der Waals surface area (Å²) in [6.07, 6.45) is 3.10. The molecule has 0 unspecified atom stereocenters. The minimum Gasteiger partial charge on any atom is -0.383 e. The third-order valence-electron chi connectivity index (χ3n) is 6.55. The average Bonchev–Trinajstić information content (AvgIpc) is 2.85. The van der Waals surface area contributed by atoms with E-state index in [2.05, 4.69) is 24.3 Å². The Balaban J connectivity index is 1.46. The number of aromatic nitrogens is 2. The lowest BCUT2D eigenvalue weighted by molar-refractivity contribution is -0.131. The van der Waals surface area contributed by atoms with Crippen LogP contribution in [0.2, 0.25) is 0 Å². The summed E-state index contributed by atoms with van der Waals surface area (Å²) in [6, 6.07) is 17.7. The maximum Gasteiger partial charge on any atom is 0.262 e. The van der Waals surface area contributed by atoms with Crippen molar-refractivity contribution in [1.82, 2.24) is 14.5 Å². The first-order valence-corrected chi connectivity index (χ1v) is 12.9. The summed E-state index contributed by atoms with van der Waals surface area (Å²) in [5.41, 5.74) is 1.91. The number of fused-ring (bicyclic) bond motifs is 1. The Morgan fingerprint density at radius 2 is 1.76 bits per heavy atom. The summed E-state index contributed by atoms with van der Waals surface area (Å²) in [6.45, 7) is 5.80. The van der Waals surface area contributed by atoms with Crippen molar-refractivity contribution in [2.45, 2.75) is 49.6 Å². The Morgan fingerprint density at radius 3 is 2.47 bits per heavy atom. The normalized spacial score (nSPS) is 16.5. The number of rotatable bonds is 8. The van der Waals surface area contributed by atoms with Crippen molar-refractivity contribution in [1.29, 1.82) is 0 Å². The second kappa shape index (κ2) is 11.2. The lowest BCUT2D eigenvalue weighted by Crippen LogP contribution is -2.42. The maximum atomic E-state index is 13.3. The number of benzene rings is 2. The second-order valence-electron chi connectivity index (χ2n) is 9.11. The summed E-state index contributed by atoms with van der Waals surface area (Å²) in [5.74, 6) is 0.716. The van der Waals surface area contributed by atoms with Crippen LogP contribution in [0.1, 0.15) is 38.3 Å². The minimum absolute atomic E-state index is 0.0981. The van der Waals surface area contributed by atoms with E-state index in [1.807, 2.05) is 43.0 Å². The van der Waals surface area contributed by atoms with E-state index in [0.29, 0.717) is 28.6 Å². The Labute approximate surface area is 205 Å². The third kappa shape index (κ3) is 5.53. The van der Waals surface area contributed by atoms with Gasteiger partial charge in [-0.2, -0.15) is 0 Å². The zero-order valence-electron chi connectivity index (χ0n) is 20.1. The van der Waals surface area contributed by atoms with Gasteiger partial charge in [-0.05, 0) is 56.7 Å². The Morgan fingerprint density at radius 1 is 1.09 bits per heavy atom. The molecule has 34 heavy (non-hydrogen) atoms. The lowest BCUT2D eigenvalue weighted by Gasteiger charge is -2.33. The van der Waals surface area contributed by atoms with Gasteiger partial charge < -0.3 is 9.64 Å². The molecule has 0 radical (unpaired) electrons. The highest BCUT2D eigenvalue weighted by Crippen LogP contribution is 2.28. The summed E-state index contributed by atoms with van der Waals surface area (Å²) in [5, 5.41) is 0.807. The van der Waals surface area contributed by atoms with Crippen molar-refractivity contribution in [2.75, 3.05) is 26.8 Å². The predicted molar refractivity (Wildman–Crippen MR) is 137 cm³/mol. The van der Waals surface area contributed by atoms with E-state index < -0.39 is 0 Å². The highest BCUT2D eigenvalue weighted by atomic mass is 32.2. The highest BCUT2D eigenvalue weighted by molar-refractivity contribution is 8.00. The van der Waals surface area contributed by atoms with Gasteiger partial charge in [0, 0.05) is 20.2 Å². The van der Waals surface area contributed by atoms with Crippen LogP contribution < -0.4 is 5.56 Å². The molecule has 0 N–H and O–H groups in total. The van der Waals surface area contributed by atoms with Gasteiger partial charge in [0.25, 0.3) is 5.56 Å². The standard InChI is InChI=1S/C27H33N3O3S/c1-19(18-33-3)30-26(32)23-11-7-8-12-24(23)28-27(30)34-20(2)25(31)29-15-13-22(14-16-29)17-21-9-5-4-6-10-21/h4-12,19-20,22H,13-18H2,1-3H3/t19-,20+/m1/s1. The summed E-state index contributed by atoms with van der Waals surface area (Å²) >= 11 is 1.36. The number of amides is 1. The number of methoxy groups -OCH3 is 1. The zero-order valence-corrected chi connectivity index (χ0v) is 21.0. The van der Waals surface area contributed by atoms with Crippen LogP contribution in [0.5, 0.6) is 0 Å². The van der Waals surface area contributed by atoms with Gasteiger partial charge in [0.05, 0.1) is 28.8 Å². The van der Waals surface area contributed by atoms with E-state index in [0.717, 1.165) is 32.4 Å². The van der Waals surface area contributed by atoms with Gasteiger partial charge >= 0.3 is 0 Å². The number of para-hydroxylation sites is 1. The average molecular weight is 480 g/mol. The maximum absolute atomic E-state index is 13.3. The molecular weight excluding hydrogens is 446 g/mol. The molecule has 1 fully saturated rings. The number of thioether (sulfide) groups is 1. The van der Waals surface area contributed by atoms with Gasteiger partial charge in [0.1, 0.15) is 0 Å². The fraction of sp³-hybridized carbons (Fsp3) is 0.444. The van der Waals surface area contributed by atoms with Crippen LogP contribution >= 0.6 is 11.8 Å². The van der Waals surface area contributed by atoms with Gasteiger partial charge in [-0.15, -0.1) is 0 Å². The molecule has 1 amide bonds. The summed E-state index contributed by atoms with van der Waals surface area (Å²) < 4.78 is 6.98. The minimum atomic E-state index is -0.334. The largest absolute Gasteiger partial charge is 0.383 e. The van der Waals surface area contributed by atoms with Crippen LogP contribution in [-0.2, 0) is 16.0 Å².